The van der Waals surface area contributed by atoms with E-state index in [1.54, 1.807) is 6.07 Å². The van der Waals surface area contributed by atoms with Crippen molar-refractivity contribution < 1.29 is 14.3 Å². The lowest BCUT2D eigenvalue weighted by molar-refractivity contribution is 0.102. The maximum absolute atomic E-state index is 13.5. The lowest BCUT2D eigenvalue weighted by Crippen LogP contribution is -2.14. The van der Waals surface area contributed by atoms with E-state index in [9.17, 15) is 14.3 Å². The summed E-state index contributed by atoms with van der Waals surface area (Å²) >= 11 is 3.31. The lowest BCUT2D eigenvalue weighted by atomic mass is 10.1. The van der Waals surface area contributed by atoms with E-state index >= 15 is 0 Å². The molecule has 0 aliphatic heterocycles. The van der Waals surface area contributed by atoms with E-state index in [0.29, 0.717) is 10.2 Å². The summed E-state index contributed by atoms with van der Waals surface area (Å²) in [7, 11) is 0. The van der Waals surface area contributed by atoms with E-state index in [0.717, 1.165) is 11.6 Å². The molecule has 2 aromatic rings. The summed E-state index contributed by atoms with van der Waals surface area (Å²) in [5.41, 5.74) is 1.17. The minimum atomic E-state index is -0.763. The molecule has 0 aliphatic rings. The summed E-state index contributed by atoms with van der Waals surface area (Å²) in [5, 5.41) is 12.1. The maximum Gasteiger partial charge on any atom is 0.262 e. The molecule has 0 saturated carbocycles. The summed E-state index contributed by atoms with van der Waals surface area (Å²) in [6.45, 7) is 1.92. The van der Waals surface area contributed by atoms with Crippen LogP contribution in [0.15, 0.2) is 40.9 Å². The van der Waals surface area contributed by atoms with Crippen molar-refractivity contribution in [1.29, 1.82) is 0 Å². The number of carbonyl (C=O) groups excluding carboxylic acids is 1. The minimum absolute atomic E-state index is 0.366. The normalized spacial score (nSPS) is 10.3. The second kappa shape index (κ2) is 5.40. The number of halogens is 2. The van der Waals surface area contributed by atoms with Crippen LogP contribution in [-0.4, -0.2) is 11.0 Å². The van der Waals surface area contributed by atoms with Crippen molar-refractivity contribution in [2.75, 3.05) is 5.32 Å². The summed E-state index contributed by atoms with van der Waals surface area (Å²) < 4.78 is 14.2. The van der Waals surface area contributed by atoms with Crippen LogP contribution in [0.2, 0.25) is 0 Å². The molecule has 0 radical (unpaired) electrons. The average molecular weight is 324 g/mol. The van der Waals surface area contributed by atoms with E-state index in [4.69, 9.17) is 0 Å². The number of amides is 1. The molecule has 0 aliphatic carbocycles. The van der Waals surface area contributed by atoms with Gasteiger partial charge in [0.25, 0.3) is 5.91 Å². The number of anilines is 1. The SMILES string of the molecule is Cc1ccc(NC(=O)c2c(O)cccc2F)c(Br)c1. The monoisotopic (exact) mass is 323 g/mol. The molecule has 0 spiro atoms. The largest absolute Gasteiger partial charge is 0.507 e. The fourth-order valence-corrected chi connectivity index (χ4v) is 2.24. The number of hydrogen-bond acceptors (Lipinski definition) is 2. The first-order valence-corrected chi connectivity index (χ1v) is 6.33. The van der Waals surface area contributed by atoms with Crippen molar-refractivity contribution in [2.45, 2.75) is 6.92 Å². The van der Waals surface area contributed by atoms with Crippen LogP contribution in [-0.2, 0) is 0 Å². The Bertz CT molecular complexity index is 623. The zero-order chi connectivity index (χ0) is 14.0. The van der Waals surface area contributed by atoms with E-state index in [2.05, 4.69) is 21.2 Å². The van der Waals surface area contributed by atoms with Crippen LogP contribution in [0.3, 0.4) is 0 Å². The third-order valence-electron chi connectivity index (χ3n) is 2.59. The van der Waals surface area contributed by atoms with Gasteiger partial charge in [-0.2, -0.15) is 0 Å². The highest BCUT2D eigenvalue weighted by atomic mass is 79.9. The second-order valence-electron chi connectivity index (χ2n) is 4.07. The summed E-state index contributed by atoms with van der Waals surface area (Å²) in [4.78, 5) is 12.0. The van der Waals surface area contributed by atoms with Gasteiger partial charge in [0.15, 0.2) is 0 Å². The first-order chi connectivity index (χ1) is 8.99. The van der Waals surface area contributed by atoms with Gasteiger partial charge in [0.1, 0.15) is 17.1 Å². The lowest BCUT2D eigenvalue weighted by Gasteiger charge is -2.09. The molecule has 5 heteroatoms. The highest BCUT2D eigenvalue weighted by Gasteiger charge is 2.17. The summed E-state index contributed by atoms with van der Waals surface area (Å²) in [6, 6.07) is 9.08. The first kappa shape index (κ1) is 13.5. The molecule has 1 amide bonds. The number of nitrogens with one attached hydrogen (secondary N) is 1. The quantitative estimate of drug-likeness (QED) is 0.881. The second-order valence-corrected chi connectivity index (χ2v) is 4.93. The third kappa shape index (κ3) is 2.93. The van der Waals surface area contributed by atoms with E-state index < -0.39 is 11.7 Å². The molecule has 0 aromatic heterocycles. The summed E-state index contributed by atoms with van der Waals surface area (Å²) in [5.74, 6) is -1.85. The predicted octanol–water partition coefficient (Wildman–Crippen LogP) is 3.85. The van der Waals surface area contributed by atoms with Crippen molar-refractivity contribution in [3.63, 3.8) is 0 Å². The molecule has 0 saturated heterocycles. The van der Waals surface area contributed by atoms with Gasteiger partial charge in [0.2, 0.25) is 0 Å². The molecule has 0 fully saturated rings. The zero-order valence-electron chi connectivity index (χ0n) is 10.1. The van der Waals surface area contributed by atoms with Crippen molar-refractivity contribution in [2.24, 2.45) is 0 Å². The van der Waals surface area contributed by atoms with Crippen LogP contribution in [0, 0.1) is 12.7 Å². The molecule has 3 nitrogen and oxygen atoms in total. The van der Waals surface area contributed by atoms with Crippen LogP contribution in [0.1, 0.15) is 15.9 Å². The Balaban J connectivity index is 2.31. The molecular weight excluding hydrogens is 313 g/mol. The molecule has 98 valence electrons. The molecule has 19 heavy (non-hydrogen) atoms. The molecule has 2 rings (SSSR count). The molecule has 2 aromatic carbocycles. The molecular formula is C14H11BrFNO2. The molecule has 2 N–H and O–H groups in total. The smallest absolute Gasteiger partial charge is 0.262 e. The Morgan fingerprint density at radius 1 is 1.32 bits per heavy atom. The van der Waals surface area contributed by atoms with Gasteiger partial charge in [-0.15, -0.1) is 0 Å². The van der Waals surface area contributed by atoms with Gasteiger partial charge in [-0.05, 0) is 52.7 Å². The highest BCUT2D eigenvalue weighted by Crippen LogP contribution is 2.26. The van der Waals surface area contributed by atoms with Crippen molar-refractivity contribution in [3.05, 3.63) is 57.8 Å². The maximum atomic E-state index is 13.5. The number of hydrogen-bond donors (Lipinski definition) is 2. The molecule has 0 bridgehead atoms. The van der Waals surface area contributed by atoms with Crippen LogP contribution < -0.4 is 5.32 Å². The van der Waals surface area contributed by atoms with E-state index in [1.807, 2.05) is 19.1 Å². The van der Waals surface area contributed by atoms with Crippen LogP contribution in [0.4, 0.5) is 10.1 Å². The van der Waals surface area contributed by atoms with Gasteiger partial charge in [0.05, 0.1) is 5.69 Å². The third-order valence-corrected chi connectivity index (χ3v) is 3.25. The van der Waals surface area contributed by atoms with Crippen LogP contribution in [0.25, 0.3) is 0 Å². The van der Waals surface area contributed by atoms with E-state index in [-0.39, 0.29) is 11.3 Å². The number of aryl methyl sites for hydroxylation is 1. The van der Waals surface area contributed by atoms with E-state index in [1.165, 1.54) is 12.1 Å². The number of rotatable bonds is 2. The molecule has 0 unspecified atom stereocenters. The zero-order valence-corrected chi connectivity index (χ0v) is 11.7. The molecule has 0 heterocycles. The Morgan fingerprint density at radius 2 is 2.05 bits per heavy atom. The van der Waals surface area contributed by atoms with Gasteiger partial charge in [-0.25, -0.2) is 4.39 Å². The first-order valence-electron chi connectivity index (χ1n) is 5.54. The highest BCUT2D eigenvalue weighted by molar-refractivity contribution is 9.10. The van der Waals surface area contributed by atoms with Gasteiger partial charge in [-0.1, -0.05) is 12.1 Å². The Hall–Kier alpha value is -1.88. The molecule has 0 atom stereocenters. The number of phenolic OH excluding ortho intramolecular Hbond substituents is 1. The number of aromatic hydroxyl groups is 1. The Labute approximate surface area is 118 Å². The van der Waals surface area contributed by atoms with Crippen molar-refractivity contribution in [3.8, 4) is 5.75 Å². The van der Waals surface area contributed by atoms with Crippen LogP contribution in [0.5, 0.6) is 5.75 Å². The van der Waals surface area contributed by atoms with Crippen molar-refractivity contribution >= 4 is 27.5 Å². The van der Waals surface area contributed by atoms with Gasteiger partial charge < -0.3 is 10.4 Å². The topological polar surface area (TPSA) is 49.3 Å². The van der Waals surface area contributed by atoms with Crippen LogP contribution >= 0.6 is 15.9 Å². The fourth-order valence-electron chi connectivity index (χ4n) is 1.64. The van der Waals surface area contributed by atoms with Gasteiger partial charge >= 0.3 is 0 Å². The Morgan fingerprint density at radius 3 is 2.68 bits per heavy atom. The standard InChI is InChI=1S/C14H11BrFNO2/c1-8-5-6-11(9(15)7-8)17-14(19)13-10(16)3-2-4-12(13)18/h2-7,18H,1H3,(H,17,19). The number of phenols is 1. The fraction of sp³-hybridized carbons (Fsp3) is 0.0714. The van der Waals surface area contributed by atoms with Crippen molar-refractivity contribution in [1.82, 2.24) is 0 Å². The summed E-state index contributed by atoms with van der Waals surface area (Å²) in [6.07, 6.45) is 0. The number of carbonyl (C=O) groups is 1. The predicted molar refractivity (Wildman–Crippen MR) is 74.9 cm³/mol. The van der Waals surface area contributed by atoms with Gasteiger partial charge in [-0.3, -0.25) is 4.79 Å². The van der Waals surface area contributed by atoms with Gasteiger partial charge in [0, 0.05) is 4.47 Å². The number of benzene rings is 2. The average Bonchev–Trinajstić information content (AvgIpc) is 2.32. The Kier molecular flexibility index (Phi) is 3.85. The minimum Gasteiger partial charge on any atom is -0.507 e.